The van der Waals surface area contributed by atoms with Gasteiger partial charge in [0.1, 0.15) is 0 Å². The van der Waals surface area contributed by atoms with E-state index >= 15 is 0 Å². The van der Waals surface area contributed by atoms with Crippen LogP contribution in [0.5, 0.6) is 0 Å². The van der Waals surface area contributed by atoms with Crippen LogP contribution in [0.15, 0.2) is 36.5 Å². The summed E-state index contributed by atoms with van der Waals surface area (Å²) < 4.78 is 91.6. The van der Waals surface area contributed by atoms with Gasteiger partial charge in [0, 0.05) is 29.7 Å². The SMILES string of the molecule is O=S(=O)(CCC(F)(F)F)Nc1ccc(-c2ccc3nc(NC4CCCNC4)ncc3c2)c(F)c1F. The number of anilines is 2. The standard InChI is InChI=1S/C22H22F5N5O2S/c23-19-16(4-6-18(20(19)24)32-35(33,34)9-7-22(25,26)27)13-3-5-17-14(10-13)11-29-21(31-17)30-15-2-1-8-28-12-15/h3-6,10-11,15,28,32H,1-2,7-9,12H2,(H,29,30,31). The largest absolute Gasteiger partial charge is 0.390 e. The van der Waals surface area contributed by atoms with Crippen LogP contribution in [-0.4, -0.2) is 49.4 Å². The monoisotopic (exact) mass is 515 g/mol. The van der Waals surface area contributed by atoms with Crippen LogP contribution in [0.25, 0.3) is 22.0 Å². The second kappa shape index (κ2) is 9.90. The van der Waals surface area contributed by atoms with Crippen molar-refractivity contribution in [2.75, 3.05) is 28.9 Å². The van der Waals surface area contributed by atoms with Gasteiger partial charge >= 0.3 is 6.18 Å². The second-order valence-electron chi connectivity index (χ2n) is 8.23. The Kier molecular flexibility index (Phi) is 7.08. The van der Waals surface area contributed by atoms with Gasteiger partial charge in [0.2, 0.25) is 16.0 Å². The summed E-state index contributed by atoms with van der Waals surface area (Å²) in [5, 5.41) is 7.13. The highest BCUT2D eigenvalue weighted by Crippen LogP contribution is 2.31. The molecule has 1 atom stereocenters. The van der Waals surface area contributed by atoms with E-state index in [1.807, 2.05) is 0 Å². The van der Waals surface area contributed by atoms with Crippen LogP contribution in [0.2, 0.25) is 0 Å². The minimum atomic E-state index is -4.70. The van der Waals surface area contributed by atoms with Crippen molar-refractivity contribution < 1.29 is 30.4 Å². The summed E-state index contributed by atoms with van der Waals surface area (Å²) in [6.45, 7) is 1.78. The minimum absolute atomic E-state index is 0.155. The number of aromatic nitrogens is 2. The second-order valence-corrected chi connectivity index (χ2v) is 10.1. The minimum Gasteiger partial charge on any atom is -0.350 e. The first-order valence-electron chi connectivity index (χ1n) is 10.8. The lowest BCUT2D eigenvalue weighted by Crippen LogP contribution is -2.38. The summed E-state index contributed by atoms with van der Waals surface area (Å²) in [5.41, 5.74) is -0.0466. The summed E-state index contributed by atoms with van der Waals surface area (Å²) in [6.07, 6.45) is -2.72. The van der Waals surface area contributed by atoms with Gasteiger partial charge in [0.25, 0.3) is 0 Å². The number of fused-ring (bicyclic) bond motifs is 1. The highest BCUT2D eigenvalue weighted by molar-refractivity contribution is 7.92. The van der Waals surface area contributed by atoms with E-state index in [1.165, 1.54) is 6.07 Å². The Morgan fingerprint density at radius 2 is 1.91 bits per heavy atom. The number of benzene rings is 2. The average Bonchev–Trinajstić information content (AvgIpc) is 2.81. The van der Waals surface area contributed by atoms with Crippen molar-refractivity contribution in [1.82, 2.24) is 15.3 Å². The fraction of sp³-hybridized carbons (Fsp3) is 0.364. The topological polar surface area (TPSA) is 96.0 Å². The molecule has 7 nitrogen and oxygen atoms in total. The van der Waals surface area contributed by atoms with Gasteiger partial charge in [0.15, 0.2) is 11.6 Å². The quantitative estimate of drug-likeness (QED) is 0.403. The van der Waals surface area contributed by atoms with Crippen molar-refractivity contribution in [1.29, 1.82) is 0 Å². The first-order valence-corrected chi connectivity index (χ1v) is 12.5. The normalized spacial score (nSPS) is 16.9. The van der Waals surface area contributed by atoms with Crippen LogP contribution in [-0.2, 0) is 10.0 Å². The summed E-state index contributed by atoms with van der Waals surface area (Å²) in [4.78, 5) is 8.75. The summed E-state index contributed by atoms with van der Waals surface area (Å²) in [6, 6.07) is 7.04. The highest BCUT2D eigenvalue weighted by atomic mass is 32.2. The molecule has 0 radical (unpaired) electrons. The molecule has 0 saturated carbocycles. The maximum absolute atomic E-state index is 14.8. The Balaban J connectivity index is 1.54. The van der Waals surface area contributed by atoms with Crippen molar-refractivity contribution in [3.63, 3.8) is 0 Å². The van der Waals surface area contributed by atoms with E-state index in [9.17, 15) is 30.4 Å². The molecule has 1 aliphatic heterocycles. The highest BCUT2D eigenvalue weighted by Gasteiger charge is 2.30. The first kappa shape index (κ1) is 25.0. The third kappa shape index (κ3) is 6.34. The van der Waals surface area contributed by atoms with Crippen LogP contribution in [0.3, 0.4) is 0 Å². The molecule has 0 aliphatic carbocycles. The van der Waals surface area contributed by atoms with Crippen LogP contribution in [0, 0.1) is 11.6 Å². The summed E-state index contributed by atoms with van der Waals surface area (Å²) in [7, 11) is -4.53. The maximum atomic E-state index is 14.8. The molecule has 0 bridgehead atoms. The summed E-state index contributed by atoms with van der Waals surface area (Å²) in [5.74, 6) is -3.71. The molecule has 188 valence electrons. The molecule has 35 heavy (non-hydrogen) atoms. The molecule has 1 unspecified atom stereocenters. The Labute approximate surface area is 198 Å². The molecule has 3 aromatic rings. The molecular formula is C22H22F5N5O2S. The van der Waals surface area contributed by atoms with Gasteiger partial charge < -0.3 is 10.6 Å². The van der Waals surface area contributed by atoms with Gasteiger partial charge in [-0.05, 0) is 49.2 Å². The molecule has 13 heteroatoms. The molecule has 1 fully saturated rings. The smallest absolute Gasteiger partial charge is 0.350 e. The Morgan fingerprint density at radius 3 is 2.63 bits per heavy atom. The molecule has 4 rings (SSSR count). The van der Waals surface area contributed by atoms with E-state index in [0.29, 0.717) is 22.4 Å². The zero-order valence-electron chi connectivity index (χ0n) is 18.3. The number of alkyl halides is 3. The Hall–Kier alpha value is -3.06. The fourth-order valence-corrected chi connectivity index (χ4v) is 4.84. The zero-order valence-corrected chi connectivity index (χ0v) is 19.1. The van der Waals surface area contributed by atoms with Crippen molar-refractivity contribution in [2.45, 2.75) is 31.5 Å². The van der Waals surface area contributed by atoms with E-state index in [2.05, 4.69) is 20.6 Å². The van der Waals surface area contributed by atoms with Gasteiger partial charge in [-0.1, -0.05) is 6.07 Å². The van der Waals surface area contributed by atoms with E-state index < -0.39 is 45.7 Å². The van der Waals surface area contributed by atoms with Gasteiger partial charge in [0.05, 0.1) is 23.4 Å². The molecule has 3 N–H and O–H groups in total. The van der Waals surface area contributed by atoms with E-state index in [4.69, 9.17) is 0 Å². The van der Waals surface area contributed by atoms with E-state index in [-0.39, 0.29) is 11.6 Å². The third-order valence-corrected chi connectivity index (χ3v) is 6.80. The number of halogens is 5. The molecule has 1 aliphatic rings. The van der Waals surface area contributed by atoms with Crippen LogP contribution in [0.4, 0.5) is 33.6 Å². The van der Waals surface area contributed by atoms with Gasteiger partial charge in [-0.2, -0.15) is 13.2 Å². The third-order valence-electron chi connectivity index (χ3n) is 5.52. The number of nitrogens with one attached hydrogen (secondary N) is 3. The predicted molar refractivity (Wildman–Crippen MR) is 122 cm³/mol. The maximum Gasteiger partial charge on any atom is 0.390 e. The average molecular weight is 516 g/mol. The lowest BCUT2D eigenvalue weighted by atomic mass is 10.0. The lowest BCUT2D eigenvalue weighted by Gasteiger charge is -2.23. The molecule has 2 aromatic carbocycles. The lowest BCUT2D eigenvalue weighted by molar-refractivity contribution is -0.129. The van der Waals surface area contributed by atoms with Crippen LogP contribution >= 0.6 is 0 Å². The zero-order chi connectivity index (χ0) is 25.2. The van der Waals surface area contributed by atoms with Crippen molar-refractivity contribution in [3.05, 3.63) is 48.2 Å². The predicted octanol–water partition coefficient (Wildman–Crippen LogP) is 4.43. The Morgan fingerprint density at radius 1 is 1.11 bits per heavy atom. The fourth-order valence-electron chi connectivity index (χ4n) is 3.75. The molecular weight excluding hydrogens is 493 g/mol. The molecule has 0 amide bonds. The van der Waals surface area contributed by atoms with Gasteiger partial charge in [-0.15, -0.1) is 0 Å². The number of rotatable bonds is 7. The molecule has 1 aromatic heterocycles. The molecule has 1 saturated heterocycles. The van der Waals surface area contributed by atoms with E-state index in [1.54, 1.807) is 23.1 Å². The Bertz CT molecular complexity index is 1330. The number of hydrogen-bond acceptors (Lipinski definition) is 6. The van der Waals surface area contributed by atoms with Gasteiger partial charge in [-0.25, -0.2) is 27.2 Å². The van der Waals surface area contributed by atoms with E-state index in [0.717, 1.165) is 38.1 Å². The van der Waals surface area contributed by atoms with Crippen molar-refractivity contribution >= 4 is 32.6 Å². The molecule has 0 spiro atoms. The molecule has 2 heterocycles. The van der Waals surface area contributed by atoms with Crippen LogP contribution < -0.4 is 15.4 Å². The summed E-state index contributed by atoms with van der Waals surface area (Å²) >= 11 is 0. The number of nitrogens with zero attached hydrogens (tertiary/aromatic N) is 2. The van der Waals surface area contributed by atoms with Crippen molar-refractivity contribution in [2.24, 2.45) is 0 Å². The number of sulfonamides is 1. The first-order chi connectivity index (χ1) is 16.5. The number of piperidine rings is 1. The van der Waals surface area contributed by atoms with Crippen molar-refractivity contribution in [3.8, 4) is 11.1 Å². The van der Waals surface area contributed by atoms with Crippen LogP contribution in [0.1, 0.15) is 19.3 Å². The van der Waals surface area contributed by atoms with Gasteiger partial charge in [-0.3, -0.25) is 4.72 Å². The number of hydrogen-bond donors (Lipinski definition) is 3.